The summed E-state index contributed by atoms with van der Waals surface area (Å²) in [7, 11) is 0. The molecule has 3 rings (SSSR count). The molecule has 2 aromatic rings. The van der Waals surface area contributed by atoms with E-state index in [1.54, 1.807) is 0 Å². The molecule has 0 amide bonds. The Morgan fingerprint density at radius 2 is 2.05 bits per heavy atom. The second-order valence-electron chi connectivity index (χ2n) is 5.52. The van der Waals surface area contributed by atoms with E-state index in [9.17, 15) is 0 Å². The molecule has 0 unspecified atom stereocenters. The molecular weight excluding hydrogens is 312 g/mol. The average molecular weight is 331 g/mol. The van der Waals surface area contributed by atoms with Gasteiger partial charge in [-0.1, -0.05) is 28.8 Å². The highest BCUT2D eigenvalue weighted by Gasteiger charge is 2.15. The Balaban J connectivity index is 1.73. The summed E-state index contributed by atoms with van der Waals surface area (Å²) >= 11 is 3.51. The normalized spacial score (nSPS) is 16.3. The SMILES string of the molecule is Cc1cc(N=Cc2ccn(C3CCCC3)c2)ccc1Br. The second-order valence-corrected chi connectivity index (χ2v) is 6.38. The first-order chi connectivity index (χ1) is 9.72. The Labute approximate surface area is 128 Å². The highest BCUT2D eigenvalue weighted by molar-refractivity contribution is 9.10. The summed E-state index contributed by atoms with van der Waals surface area (Å²) in [5.41, 5.74) is 3.39. The van der Waals surface area contributed by atoms with E-state index in [4.69, 9.17) is 0 Å². The molecule has 2 nitrogen and oxygen atoms in total. The van der Waals surface area contributed by atoms with Crippen LogP contribution >= 0.6 is 15.9 Å². The number of nitrogens with zero attached hydrogens (tertiary/aromatic N) is 2. The number of hydrogen-bond donors (Lipinski definition) is 0. The molecule has 1 aliphatic carbocycles. The standard InChI is InChI=1S/C17H19BrN2/c1-13-10-15(6-7-17(13)18)19-11-14-8-9-20(12-14)16-4-2-3-5-16/h6-12,16H,2-5H2,1H3. The highest BCUT2D eigenvalue weighted by Crippen LogP contribution is 2.29. The van der Waals surface area contributed by atoms with Crippen molar-refractivity contribution < 1.29 is 0 Å². The zero-order chi connectivity index (χ0) is 13.9. The lowest BCUT2D eigenvalue weighted by molar-refractivity contribution is 0.521. The van der Waals surface area contributed by atoms with Gasteiger partial charge in [0, 0.05) is 34.7 Å². The minimum atomic E-state index is 0.701. The first kappa shape index (κ1) is 13.6. The van der Waals surface area contributed by atoms with E-state index in [-0.39, 0.29) is 0 Å². The van der Waals surface area contributed by atoms with Crippen LogP contribution in [0.4, 0.5) is 5.69 Å². The highest BCUT2D eigenvalue weighted by atomic mass is 79.9. The number of hydrogen-bond acceptors (Lipinski definition) is 1. The van der Waals surface area contributed by atoms with Crippen LogP contribution in [-0.2, 0) is 0 Å². The van der Waals surface area contributed by atoms with E-state index in [0.29, 0.717) is 6.04 Å². The number of aryl methyl sites for hydroxylation is 1. The molecule has 1 aliphatic rings. The van der Waals surface area contributed by atoms with Gasteiger partial charge >= 0.3 is 0 Å². The van der Waals surface area contributed by atoms with Gasteiger partial charge in [0.15, 0.2) is 0 Å². The van der Waals surface area contributed by atoms with Gasteiger partial charge in [-0.3, -0.25) is 4.99 Å². The summed E-state index contributed by atoms with van der Waals surface area (Å²) in [6, 6.07) is 9.02. The van der Waals surface area contributed by atoms with E-state index < -0.39 is 0 Å². The molecule has 1 heterocycles. The summed E-state index contributed by atoms with van der Waals surface area (Å²) in [6.07, 6.45) is 11.7. The van der Waals surface area contributed by atoms with Crippen LogP contribution in [0, 0.1) is 6.92 Å². The maximum atomic E-state index is 4.56. The Bertz CT molecular complexity index is 622. The molecule has 0 N–H and O–H groups in total. The smallest absolute Gasteiger partial charge is 0.0633 e. The maximum Gasteiger partial charge on any atom is 0.0633 e. The van der Waals surface area contributed by atoms with Gasteiger partial charge in [0.2, 0.25) is 0 Å². The van der Waals surface area contributed by atoms with Crippen molar-refractivity contribution in [2.24, 2.45) is 4.99 Å². The van der Waals surface area contributed by atoms with E-state index in [2.05, 4.69) is 56.9 Å². The number of halogens is 1. The van der Waals surface area contributed by atoms with Crippen LogP contribution in [0.2, 0.25) is 0 Å². The Morgan fingerprint density at radius 1 is 1.25 bits per heavy atom. The lowest BCUT2D eigenvalue weighted by atomic mass is 10.2. The van der Waals surface area contributed by atoms with Gasteiger partial charge in [0.05, 0.1) is 5.69 Å². The maximum absolute atomic E-state index is 4.56. The van der Waals surface area contributed by atoms with Gasteiger partial charge in [-0.25, -0.2) is 0 Å². The Kier molecular flexibility index (Phi) is 4.06. The fourth-order valence-electron chi connectivity index (χ4n) is 2.79. The van der Waals surface area contributed by atoms with Crippen molar-refractivity contribution in [1.29, 1.82) is 0 Å². The van der Waals surface area contributed by atoms with E-state index in [1.165, 1.54) is 36.8 Å². The molecule has 1 fully saturated rings. The summed E-state index contributed by atoms with van der Waals surface area (Å²) in [5, 5.41) is 0. The molecule has 104 valence electrons. The van der Waals surface area contributed by atoms with Crippen LogP contribution in [0.1, 0.15) is 42.9 Å². The van der Waals surface area contributed by atoms with Crippen LogP contribution in [0.15, 0.2) is 46.1 Å². The molecular formula is C17H19BrN2. The molecule has 3 heteroatoms. The van der Waals surface area contributed by atoms with Gasteiger partial charge in [-0.2, -0.15) is 0 Å². The molecule has 0 saturated heterocycles. The number of aromatic nitrogens is 1. The predicted octanol–water partition coefficient (Wildman–Crippen LogP) is 5.42. The third-order valence-electron chi connectivity index (χ3n) is 3.99. The average Bonchev–Trinajstić information content (AvgIpc) is 3.09. The molecule has 0 radical (unpaired) electrons. The molecule has 0 spiro atoms. The van der Waals surface area contributed by atoms with Gasteiger partial charge < -0.3 is 4.57 Å². The van der Waals surface area contributed by atoms with Gasteiger partial charge in [0.25, 0.3) is 0 Å². The van der Waals surface area contributed by atoms with Crippen molar-refractivity contribution in [3.8, 4) is 0 Å². The van der Waals surface area contributed by atoms with Gasteiger partial charge in [-0.05, 0) is 49.6 Å². The summed E-state index contributed by atoms with van der Waals surface area (Å²) in [4.78, 5) is 4.56. The van der Waals surface area contributed by atoms with Crippen LogP contribution in [0.5, 0.6) is 0 Å². The summed E-state index contributed by atoms with van der Waals surface area (Å²) in [6.45, 7) is 2.08. The van der Waals surface area contributed by atoms with Crippen molar-refractivity contribution in [1.82, 2.24) is 4.57 Å². The lowest BCUT2D eigenvalue weighted by Gasteiger charge is -2.10. The minimum Gasteiger partial charge on any atom is -0.351 e. The van der Waals surface area contributed by atoms with Gasteiger partial charge in [0.1, 0.15) is 0 Å². The van der Waals surface area contributed by atoms with Crippen molar-refractivity contribution in [3.63, 3.8) is 0 Å². The number of aliphatic imine (C=N–C) groups is 1. The Hall–Kier alpha value is -1.35. The van der Waals surface area contributed by atoms with E-state index >= 15 is 0 Å². The van der Waals surface area contributed by atoms with E-state index in [0.717, 1.165) is 10.2 Å². The predicted molar refractivity (Wildman–Crippen MR) is 88.1 cm³/mol. The third-order valence-corrected chi connectivity index (χ3v) is 4.88. The summed E-state index contributed by atoms with van der Waals surface area (Å²) < 4.78 is 3.48. The fraction of sp³-hybridized carbons (Fsp3) is 0.353. The first-order valence-corrected chi connectivity index (χ1v) is 7.99. The quantitative estimate of drug-likeness (QED) is 0.668. The topological polar surface area (TPSA) is 17.3 Å². The monoisotopic (exact) mass is 330 g/mol. The molecule has 0 atom stereocenters. The minimum absolute atomic E-state index is 0.701. The van der Waals surface area contributed by atoms with Crippen molar-refractivity contribution >= 4 is 27.8 Å². The van der Waals surface area contributed by atoms with Crippen LogP contribution in [0.3, 0.4) is 0 Å². The second kappa shape index (κ2) is 5.96. The zero-order valence-corrected chi connectivity index (χ0v) is 13.3. The van der Waals surface area contributed by atoms with Crippen LogP contribution in [-0.4, -0.2) is 10.8 Å². The van der Waals surface area contributed by atoms with E-state index in [1.807, 2.05) is 18.3 Å². The molecule has 20 heavy (non-hydrogen) atoms. The molecule has 0 aliphatic heterocycles. The molecule has 1 aromatic heterocycles. The molecule has 1 saturated carbocycles. The van der Waals surface area contributed by atoms with Crippen LogP contribution < -0.4 is 0 Å². The fourth-order valence-corrected chi connectivity index (χ4v) is 3.04. The molecule has 1 aromatic carbocycles. The van der Waals surface area contributed by atoms with Gasteiger partial charge in [-0.15, -0.1) is 0 Å². The lowest BCUT2D eigenvalue weighted by Crippen LogP contribution is -2.00. The number of rotatable bonds is 3. The largest absolute Gasteiger partial charge is 0.351 e. The number of benzene rings is 1. The molecule has 0 bridgehead atoms. The zero-order valence-electron chi connectivity index (χ0n) is 11.7. The summed E-state index contributed by atoms with van der Waals surface area (Å²) in [5.74, 6) is 0. The van der Waals surface area contributed by atoms with Crippen molar-refractivity contribution in [2.45, 2.75) is 38.6 Å². The third kappa shape index (κ3) is 3.04. The van der Waals surface area contributed by atoms with Crippen molar-refractivity contribution in [2.75, 3.05) is 0 Å². The Morgan fingerprint density at radius 3 is 2.80 bits per heavy atom. The first-order valence-electron chi connectivity index (χ1n) is 7.20. The van der Waals surface area contributed by atoms with Crippen molar-refractivity contribution in [3.05, 3.63) is 52.3 Å². The van der Waals surface area contributed by atoms with Crippen LogP contribution in [0.25, 0.3) is 0 Å².